The van der Waals surface area contributed by atoms with Crippen LogP contribution in [-0.2, 0) is 0 Å². The van der Waals surface area contributed by atoms with E-state index in [-0.39, 0.29) is 11.7 Å². The van der Waals surface area contributed by atoms with E-state index < -0.39 is 5.97 Å². The van der Waals surface area contributed by atoms with Gasteiger partial charge in [-0.25, -0.2) is 4.79 Å². The molecule has 0 saturated carbocycles. The number of nitrogens with zero attached hydrogens (tertiary/aromatic N) is 1. The molecule has 1 N–H and O–H groups in total. The first kappa shape index (κ1) is 14.1. The second kappa shape index (κ2) is 5.85. The first-order valence-electron chi connectivity index (χ1n) is 6.99. The van der Waals surface area contributed by atoms with E-state index in [1.54, 1.807) is 18.3 Å². The lowest BCUT2D eigenvalue weighted by Crippen LogP contribution is -2.09. The van der Waals surface area contributed by atoms with Gasteiger partial charge >= 0.3 is 5.97 Å². The molecule has 2 aromatic carbocycles. The smallest absolute Gasteiger partial charge is 0.340 e. The summed E-state index contributed by atoms with van der Waals surface area (Å²) in [5, 5.41) is 11.1. The minimum absolute atomic E-state index is 0.181. The first-order valence-corrected chi connectivity index (χ1v) is 6.99. The van der Waals surface area contributed by atoms with Crippen LogP contribution >= 0.6 is 0 Å². The number of carboxylic acids is 1. The minimum Gasteiger partial charge on any atom is -0.483 e. The van der Waals surface area contributed by atoms with Crippen LogP contribution in [0, 0.1) is 0 Å². The number of hydrogen-bond acceptors (Lipinski definition) is 3. The van der Waals surface area contributed by atoms with Crippen molar-refractivity contribution in [2.45, 2.75) is 13.0 Å². The maximum atomic E-state index is 11.7. The number of aromatic nitrogens is 1. The van der Waals surface area contributed by atoms with Gasteiger partial charge in [-0.2, -0.15) is 0 Å². The van der Waals surface area contributed by atoms with E-state index in [2.05, 4.69) is 4.98 Å². The van der Waals surface area contributed by atoms with Gasteiger partial charge in [0.1, 0.15) is 17.4 Å². The van der Waals surface area contributed by atoms with Crippen LogP contribution in [0.1, 0.15) is 29.1 Å². The highest BCUT2D eigenvalue weighted by Crippen LogP contribution is 2.31. The molecule has 1 atom stereocenters. The summed E-state index contributed by atoms with van der Waals surface area (Å²) >= 11 is 0. The van der Waals surface area contributed by atoms with Crippen molar-refractivity contribution in [2.75, 3.05) is 0 Å². The first-order chi connectivity index (χ1) is 10.7. The molecule has 1 unspecified atom stereocenters. The molecule has 4 nitrogen and oxygen atoms in total. The maximum absolute atomic E-state index is 11.7. The molecule has 1 heterocycles. The molecule has 0 spiro atoms. The van der Waals surface area contributed by atoms with E-state index in [9.17, 15) is 9.90 Å². The van der Waals surface area contributed by atoms with Crippen LogP contribution in [-0.4, -0.2) is 16.1 Å². The quantitative estimate of drug-likeness (QED) is 0.787. The van der Waals surface area contributed by atoms with Gasteiger partial charge in [-0.05, 0) is 35.9 Å². The third-order valence-corrected chi connectivity index (χ3v) is 3.51. The Balaban J connectivity index is 2.04. The fraction of sp³-hybridized carbons (Fsp3) is 0.111. The summed E-state index contributed by atoms with van der Waals surface area (Å²) in [4.78, 5) is 15.9. The summed E-state index contributed by atoms with van der Waals surface area (Å²) in [6.45, 7) is 1.85. The highest BCUT2D eigenvalue weighted by Gasteiger charge is 2.18. The van der Waals surface area contributed by atoms with Crippen molar-refractivity contribution in [2.24, 2.45) is 0 Å². The molecule has 3 rings (SSSR count). The third-order valence-electron chi connectivity index (χ3n) is 3.51. The molecule has 0 radical (unpaired) electrons. The molecule has 0 saturated heterocycles. The summed E-state index contributed by atoms with van der Waals surface area (Å²) in [6.07, 6.45) is 1.36. The SMILES string of the molecule is CC(Oc1ccc2ccccc2c1C(=O)O)c1ccccn1. The molecule has 0 aliphatic heterocycles. The average molecular weight is 293 g/mol. The molecule has 0 aliphatic rings. The van der Waals surface area contributed by atoms with Gasteiger partial charge in [-0.3, -0.25) is 4.98 Å². The molecule has 0 aliphatic carbocycles. The van der Waals surface area contributed by atoms with E-state index in [4.69, 9.17) is 4.74 Å². The summed E-state index contributed by atoms with van der Waals surface area (Å²) in [5.74, 6) is -0.649. The number of fused-ring (bicyclic) bond motifs is 1. The molecular formula is C18H15NO3. The Morgan fingerprint density at radius 1 is 1.09 bits per heavy atom. The summed E-state index contributed by atoms with van der Waals surface area (Å²) in [5.41, 5.74) is 0.938. The van der Waals surface area contributed by atoms with Gasteiger partial charge in [-0.1, -0.05) is 36.4 Å². The Kier molecular flexibility index (Phi) is 3.74. The monoisotopic (exact) mass is 293 g/mol. The maximum Gasteiger partial charge on any atom is 0.340 e. The summed E-state index contributed by atoms with van der Waals surface area (Å²) < 4.78 is 5.86. The van der Waals surface area contributed by atoms with E-state index in [1.165, 1.54) is 0 Å². The number of benzene rings is 2. The molecule has 0 fully saturated rings. The topological polar surface area (TPSA) is 59.4 Å². The van der Waals surface area contributed by atoms with Crippen molar-refractivity contribution in [3.8, 4) is 5.75 Å². The second-order valence-electron chi connectivity index (χ2n) is 4.98. The molecule has 1 aromatic heterocycles. The molecule has 0 amide bonds. The number of pyridine rings is 1. The zero-order valence-electron chi connectivity index (χ0n) is 12.1. The van der Waals surface area contributed by atoms with Gasteiger partial charge in [-0.15, -0.1) is 0 Å². The largest absolute Gasteiger partial charge is 0.483 e. The zero-order valence-corrected chi connectivity index (χ0v) is 12.1. The van der Waals surface area contributed by atoms with Gasteiger partial charge in [0.15, 0.2) is 0 Å². The van der Waals surface area contributed by atoms with Crippen LogP contribution in [0.3, 0.4) is 0 Å². The molecule has 0 bridgehead atoms. The van der Waals surface area contributed by atoms with E-state index in [1.807, 2.05) is 49.4 Å². The fourth-order valence-corrected chi connectivity index (χ4v) is 2.44. The highest BCUT2D eigenvalue weighted by atomic mass is 16.5. The number of carboxylic acid groups (broad SMARTS) is 1. The second-order valence-corrected chi connectivity index (χ2v) is 4.98. The van der Waals surface area contributed by atoms with E-state index in [0.717, 1.165) is 11.1 Å². The van der Waals surface area contributed by atoms with Crippen LogP contribution in [0.15, 0.2) is 60.8 Å². The normalized spacial score (nSPS) is 12.0. The highest BCUT2D eigenvalue weighted by molar-refractivity contribution is 6.06. The van der Waals surface area contributed by atoms with Crippen LogP contribution < -0.4 is 4.74 Å². The van der Waals surface area contributed by atoms with Crippen molar-refractivity contribution in [3.63, 3.8) is 0 Å². The Hall–Kier alpha value is -2.88. The third kappa shape index (κ3) is 2.63. The summed E-state index contributed by atoms with van der Waals surface area (Å²) in [6, 6.07) is 16.5. The van der Waals surface area contributed by atoms with Crippen molar-refractivity contribution >= 4 is 16.7 Å². The Bertz CT molecular complexity index is 815. The van der Waals surface area contributed by atoms with E-state index in [0.29, 0.717) is 11.1 Å². The lowest BCUT2D eigenvalue weighted by atomic mass is 10.0. The van der Waals surface area contributed by atoms with Gasteiger partial charge in [0.05, 0.1) is 5.69 Å². The zero-order chi connectivity index (χ0) is 15.5. The van der Waals surface area contributed by atoms with E-state index >= 15 is 0 Å². The van der Waals surface area contributed by atoms with Crippen molar-refractivity contribution in [1.82, 2.24) is 4.98 Å². The Labute approximate surface area is 128 Å². The van der Waals surface area contributed by atoms with Gasteiger partial charge in [0.2, 0.25) is 0 Å². The number of hydrogen-bond donors (Lipinski definition) is 1. The lowest BCUT2D eigenvalue weighted by Gasteiger charge is -2.17. The van der Waals surface area contributed by atoms with Gasteiger partial charge in [0.25, 0.3) is 0 Å². The van der Waals surface area contributed by atoms with Crippen LogP contribution in [0.25, 0.3) is 10.8 Å². The van der Waals surface area contributed by atoms with Gasteiger partial charge in [0, 0.05) is 6.20 Å². The fourth-order valence-electron chi connectivity index (χ4n) is 2.44. The molecular weight excluding hydrogens is 278 g/mol. The van der Waals surface area contributed by atoms with Crippen molar-refractivity contribution < 1.29 is 14.6 Å². The predicted octanol–water partition coefficient (Wildman–Crippen LogP) is 4.07. The van der Waals surface area contributed by atoms with Crippen molar-refractivity contribution in [1.29, 1.82) is 0 Å². The molecule has 4 heteroatoms. The average Bonchev–Trinajstić information content (AvgIpc) is 2.55. The molecule has 3 aromatic rings. The number of carbonyl (C=O) groups is 1. The molecule has 22 heavy (non-hydrogen) atoms. The van der Waals surface area contributed by atoms with Crippen LogP contribution in [0.4, 0.5) is 0 Å². The predicted molar refractivity (Wildman–Crippen MR) is 84.2 cm³/mol. The number of aromatic carboxylic acids is 1. The number of ether oxygens (including phenoxy) is 1. The molecule has 110 valence electrons. The number of rotatable bonds is 4. The van der Waals surface area contributed by atoms with Crippen LogP contribution in [0.2, 0.25) is 0 Å². The van der Waals surface area contributed by atoms with Crippen molar-refractivity contribution in [3.05, 3.63) is 72.1 Å². The Morgan fingerprint density at radius 2 is 1.86 bits per heavy atom. The lowest BCUT2D eigenvalue weighted by molar-refractivity contribution is 0.0692. The standard InChI is InChI=1S/C18H15NO3/c1-12(15-8-4-5-11-19-15)22-16-10-9-13-6-2-3-7-14(13)17(16)18(20)21/h2-12H,1H3,(H,20,21). The van der Waals surface area contributed by atoms with Crippen LogP contribution in [0.5, 0.6) is 5.75 Å². The minimum atomic E-state index is -1.000. The van der Waals surface area contributed by atoms with Gasteiger partial charge < -0.3 is 9.84 Å². The Morgan fingerprint density at radius 3 is 2.59 bits per heavy atom. The summed E-state index contributed by atoms with van der Waals surface area (Å²) in [7, 11) is 0.